The number of likely N-dealkylation sites (tertiary alicyclic amines) is 1. The summed E-state index contributed by atoms with van der Waals surface area (Å²) in [6, 6.07) is 7.31. The number of carbonyl (C=O) groups excluding carboxylic acids is 2. The van der Waals surface area contributed by atoms with Crippen LogP contribution in [0, 0.1) is 13.8 Å². The number of hydrogen-bond donors (Lipinski definition) is 2. The molecule has 2 aliphatic rings. The molecule has 178 valence electrons. The SMILES string of the molecule is CC(=O)Nc1ccc(C)cc1C(=O)N1CCCC[C@H]1c1cc2nc(N3CC(O)C3)c(C)cn2n1. The highest BCUT2D eigenvalue weighted by molar-refractivity contribution is 6.03. The minimum atomic E-state index is -0.302. The molecule has 2 fully saturated rings. The Hall–Kier alpha value is -3.46. The van der Waals surface area contributed by atoms with Gasteiger partial charge in [-0.1, -0.05) is 11.6 Å². The molecule has 34 heavy (non-hydrogen) atoms. The lowest BCUT2D eigenvalue weighted by molar-refractivity contribution is -0.114. The Labute approximate surface area is 198 Å². The number of β-amino-alcohol motifs (C(OH)–C–C–N with tert-alkyl or cyclic N) is 1. The predicted molar refractivity (Wildman–Crippen MR) is 129 cm³/mol. The second kappa shape index (κ2) is 8.72. The van der Waals surface area contributed by atoms with Gasteiger partial charge in [0.25, 0.3) is 5.91 Å². The number of benzene rings is 1. The Morgan fingerprint density at radius 3 is 2.68 bits per heavy atom. The number of anilines is 2. The second-order valence-electron chi connectivity index (χ2n) is 9.42. The van der Waals surface area contributed by atoms with Crippen molar-refractivity contribution >= 4 is 29.0 Å². The largest absolute Gasteiger partial charge is 0.389 e. The van der Waals surface area contributed by atoms with Gasteiger partial charge in [0, 0.05) is 44.4 Å². The van der Waals surface area contributed by atoms with Gasteiger partial charge in [0.2, 0.25) is 5.91 Å². The number of amides is 2. The van der Waals surface area contributed by atoms with Crippen LogP contribution in [0.4, 0.5) is 11.5 Å². The number of aryl methyl sites for hydroxylation is 2. The third-order valence-electron chi connectivity index (χ3n) is 6.61. The number of nitrogens with zero attached hydrogens (tertiary/aromatic N) is 5. The summed E-state index contributed by atoms with van der Waals surface area (Å²) < 4.78 is 1.77. The molecular weight excluding hydrogens is 432 g/mol. The Bertz CT molecular complexity index is 1260. The normalized spacial score (nSPS) is 18.8. The lowest BCUT2D eigenvalue weighted by Crippen LogP contribution is -2.51. The first-order valence-electron chi connectivity index (χ1n) is 11.8. The van der Waals surface area contributed by atoms with Crippen LogP contribution in [-0.2, 0) is 4.79 Å². The molecule has 0 radical (unpaired) electrons. The lowest BCUT2D eigenvalue weighted by Gasteiger charge is -2.37. The fraction of sp³-hybridized carbons (Fsp3) is 0.440. The van der Waals surface area contributed by atoms with Gasteiger partial charge in [-0.15, -0.1) is 0 Å². The van der Waals surface area contributed by atoms with Crippen LogP contribution in [0.3, 0.4) is 0 Å². The highest BCUT2D eigenvalue weighted by Gasteiger charge is 2.32. The van der Waals surface area contributed by atoms with E-state index in [4.69, 9.17) is 10.1 Å². The van der Waals surface area contributed by atoms with Gasteiger partial charge in [-0.05, 0) is 45.2 Å². The molecule has 0 aliphatic carbocycles. The maximum absolute atomic E-state index is 13.7. The first-order valence-corrected chi connectivity index (χ1v) is 11.8. The molecule has 2 saturated heterocycles. The monoisotopic (exact) mass is 462 g/mol. The van der Waals surface area contributed by atoms with E-state index in [1.165, 1.54) is 6.92 Å². The standard InChI is InChI=1S/C25H30N6O3/c1-15-7-8-20(26-17(3)32)19(10-15)25(34)30-9-5-4-6-22(30)21-11-23-27-24(29-13-18(33)14-29)16(2)12-31(23)28-21/h7-8,10-12,18,22,33H,4-6,9,13-14H2,1-3H3,(H,26,32)/t22-/m0/s1. The summed E-state index contributed by atoms with van der Waals surface area (Å²) in [5.74, 6) is 0.551. The van der Waals surface area contributed by atoms with E-state index in [-0.39, 0.29) is 24.0 Å². The van der Waals surface area contributed by atoms with Crippen molar-refractivity contribution in [3.05, 3.63) is 52.8 Å². The zero-order valence-corrected chi connectivity index (χ0v) is 19.8. The average molecular weight is 463 g/mol. The number of aliphatic hydroxyl groups excluding tert-OH is 1. The van der Waals surface area contributed by atoms with E-state index >= 15 is 0 Å². The Morgan fingerprint density at radius 2 is 1.94 bits per heavy atom. The van der Waals surface area contributed by atoms with Crippen LogP contribution in [0.5, 0.6) is 0 Å². The van der Waals surface area contributed by atoms with Gasteiger partial charge in [0.05, 0.1) is 29.1 Å². The van der Waals surface area contributed by atoms with Crippen LogP contribution in [0.1, 0.15) is 59.4 Å². The van der Waals surface area contributed by atoms with E-state index in [0.717, 1.165) is 47.5 Å². The van der Waals surface area contributed by atoms with Crippen molar-refractivity contribution in [2.45, 2.75) is 52.2 Å². The number of hydrogen-bond acceptors (Lipinski definition) is 6. The summed E-state index contributed by atoms with van der Waals surface area (Å²) in [5.41, 5.74) is 4.52. The van der Waals surface area contributed by atoms with Gasteiger partial charge in [0.1, 0.15) is 5.82 Å². The Morgan fingerprint density at radius 1 is 1.15 bits per heavy atom. The minimum absolute atomic E-state index is 0.103. The highest BCUT2D eigenvalue weighted by Crippen LogP contribution is 2.34. The van der Waals surface area contributed by atoms with Crippen molar-refractivity contribution in [2.75, 3.05) is 29.9 Å². The zero-order chi connectivity index (χ0) is 24.0. The second-order valence-corrected chi connectivity index (χ2v) is 9.42. The van der Waals surface area contributed by atoms with E-state index in [1.54, 1.807) is 10.6 Å². The fourth-order valence-electron chi connectivity index (χ4n) is 4.90. The van der Waals surface area contributed by atoms with Crippen LogP contribution in [0.25, 0.3) is 5.65 Å². The molecule has 0 bridgehead atoms. The molecule has 2 amide bonds. The summed E-state index contributed by atoms with van der Waals surface area (Å²) >= 11 is 0. The van der Waals surface area contributed by atoms with E-state index in [1.807, 2.05) is 43.1 Å². The van der Waals surface area contributed by atoms with Crippen LogP contribution in [0.15, 0.2) is 30.5 Å². The van der Waals surface area contributed by atoms with Crippen LogP contribution in [-0.4, -0.2) is 62.2 Å². The summed E-state index contributed by atoms with van der Waals surface area (Å²) in [5, 5.41) is 17.3. The Balaban J connectivity index is 1.48. The van der Waals surface area contributed by atoms with Crippen LogP contribution < -0.4 is 10.2 Å². The van der Waals surface area contributed by atoms with Crippen molar-refractivity contribution in [2.24, 2.45) is 0 Å². The first kappa shape index (κ1) is 22.3. The van der Waals surface area contributed by atoms with Gasteiger partial charge in [-0.25, -0.2) is 9.50 Å². The Kier molecular flexibility index (Phi) is 5.73. The molecule has 1 atom stereocenters. The molecule has 0 unspecified atom stereocenters. The summed E-state index contributed by atoms with van der Waals surface area (Å²) in [6.45, 7) is 7.18. The van der Waals surface area contributed by atoms with Gasteiger partial charge in [-0.3, -0.25) is 9.59 Å². The van der Waals surface area contributed by atoms with E-state index in [9.17, 15) is 14.7 Å². The number of nitrogens with one attached hydrogen (secondary N) is 1. The molecule has 9 nitrogen and oxygen atoms in total. The van der Waals surface area contributed by atoms with Crippen molar-refractivity contribution < 1.29 is 14.7 Å². The highest BCUT2D eigenvalue weighted by atomic mass is 16.3. The number of aromatic nitrogens is 3. The molecule has 3 aromatic rings. The molecule has 5 rings (SSSR count). The molecule has 0 spiro atoms. The van der Waals surface area contributed by atoms with Crippen molar-refractivity contribution in [3.63, 3.8) is 0 Å². The number of piperidine rings is 1. The van der Waals surface area contributed by atoms with Crippen molar-refractivity contribution in [1.29, 1.82) is 0 Å². The number of carbonyl (C=O) groups is 2. The fourth-order valence-corrected chi connectivity index (χ4v) is 4.90. The quantitative estimate of drug-likeness (QED) is 0.618. The van der Waals surface area contributed by atoms with Crippen molar-refractivity contribution in [1.82, 2.24) is 19.5 Å². The maximum Gasteiger partial charge on any atom is 0.256 e. The molecule has 1 aromatic carbocycles. The van der Waals surface area contributed by atoms with E-state index in [0.29, 0.717) is 30.9 Å². The average Bonchev–Trinajstić information content (AvgIpc) is 3.19. The first-order chi connectivity index (χ1) is 16.3. The topological polar surface area (TPSA) is 103 Å². The van der Waals surface area contributed by atoms with Gasteiger partial charge in [0.15, 0.2) is 5.65 Å². The van der Waals surface area contributed by atoms with Crippen LogP contribution >= 0.6 is 0 Å². The molecule has 2 N–H and O–H groups in total. The van der Waals surface area contributed by atoms with E-state index < -0.39 is 0 Å². The lowest BCUT2D eigenvalue weighted by atomic mass is 9.97. The van der Waals surface area contributed by atoms with Gasteiger partial charge in [-0.2, -0.15) is 5.10 Å². The predicted octanol–water partition coefficient (Wildman–Crippen LogP) is 2.85. The third-order valence-corrected chi connectivity index (χ3v) is 6.61. The van der Waals surface area contributed by atoms with Crippen molar-refractivity contribution in [3.8, 4) is 0 Å². The van der Waals surface area contributed by atoms with Gasteiger partial charge < -0.3 is 20.2 Å². The molecular formula is C25H30N6O3. The molecule has 4 heterocycles. The number of aliphatic hydroxyl groups is 1. The molecule has 9 heteroatoms. The smallest absolute Gasteiger partial charge is 0.256 e. The minimum Gasteiger partial charge on any atom is -0.389 e. The third kappa shape index (κ3) is 4.11. The maximum atomic E-state index is 13.7. The molecule has 0 saturated carbocycles. The number of rotatable bonds is 4. The summed E-state index contributed by atoms with van der Waals surface area (Å²) in [6.07, 6.45) is 4.41. The zero-order valence-electron chi connectivity index (χ0n) is 19.8. The van der Waals surface area contributed by atoms with Crippen LogP contribution in [0.2, 0.25) is 0 Å². The molecule has 2 aliphatic heterocycles. The number of fused-ring (bicyclic) bond motifs is 1. The van der Waals surface area contributed by atoms with Gasteiger partial charge >= 0.3 is 0 Å². The summed E-state index contributed by atoms with van der Waals surface area (Å²) in [4.78, 5) is 34.2. The van der Waals surface area contributed by atoms with E-state index in [2.05, 4.69) is 10.2 Å². The molecule has 2 aromatic heterocycles. The summed E-state index contributed by atoms with van der Waals surface area (Å²) in [7, 11) is 0.